The molecule has 1 fully saturated rings. The zero-order valence-electron chi connectivity index (χ0n) is 16.9. The van der Waals surface area contributed by atoms with E-state index in [1.165, 1.54) is 0 Å². The van der Waals surface area contributed by atoms with Crippen LogP contribution in [-0.2, 0) is 4.74 Å². The minimum atomic E-state index is -0.0901. The van der Waals surface area contributed by atoms with Gasteiger partial charge in [0.2, 0.25) is 5.65 Å². The SMILES string of the molecule is O=C(NCCN1CCOCC1)c1ccc(Nc2nc3ccccc3n3nnnc23)cc1. The number of morpholine rings is 1. The Labute approximate surface area is 178 Å². The standard InChI is InChI=1S/C21H22N8O2/c30-21(22-9-10-28-11-13-31-14-12-28)15-5-7-16(8-6-15)23-19-20-25-26-27-29(20)18-4-2-1-3-17(18)24-19/h1-8H,9-14H2,(H,22,30)(H,23,24). The summed E-state index contributed by atoms with van der Waals surface area (Å²) in [6.07, 6.45) is 0. The second-order valence-electron chi connectivity index (χ2n) is 7.28. The van der Waals surface area contributed by atoms with E-state index in [0.717, 1.165) is 49.6 Å². The molecule has 4 aromatic rings. The quantitative estimate of drug-likeness (QED) is 0.485. The molecule has 31 heavy (non-hydrogen) atoms. The van der Waals surface area contributed by atoms with E-state index in [1.54, 1.807) is 16.6 Å². The van der Waals surface area contributed by atoms with Crippen LogP contribution in [0.4, 0.5) is 11.5 Å². The smallest absolute Gasteiger partial charge is 0.251 e. The van der Waals surface area contributed by atoms with Crippen molar-refractivity contribution in [2.75, 3.05) is 44.7 Å². The van der Waals surface area contributed by atoms with Gasteiger partial charge < -0.3 is 15.4 Å². The fourth-order valence-electron chi connectivity index (χ4n) is 3.59. The molecule has 0 aliphatic carbocycles. The number of anilines is 2. The Morgan fingerprint density at radius 2 is 1.87 bits per heavy atom. The number of hydrogen-bond acceptors (Lipinski definition) is 8. The summed E-state index contributed by atoms with van der Waals surface area (Å²) < 4.78 is 6.99. The van der Waals surface area contributed by atoms with Crippen molar-refractivity contribution in [2.45, 2.75) is 0 Å². The molecule has 10 nitrogen and oxygen atoms in total. The van der Waals surface area contributed by atoms with Gasteiger partial charge in [0.1, 0.15) is 0 Å². The number of nitrogens with zero attached hydrogens (tertiary/aromatic N) is 6. The van der Waals surface area contributed by atoms with E-state index in [0.29, 0.717) is 23.6 Å². The molecule has 0 bridgehead atoms. The summed E-state index contributed by atoms with van der Waals surface area (Å²) in [5.41, 5.74) is 3.53. The van der Waals surface area contributed by atoms with Gasteiger partial charge in [-0.1, -0.05) is 12.1 Å². The van der Waals surface area contributed by atoms with Crippen molar-refractivity contribution >= 4 is 34.1 Å². The Morgan fingerprint density at radius 1 is 1.06 bits per heavy atom. The highest BCUT2D eigenvalue weighted by molar-refractivity contribution is 5.94. The summed E-state index contributed by atoms with van der Waals surface area (Å²) in [7, 11) is 0. The number of rotatable bonds is 6. The van der Waals surface area contributed by atoms with E-state index in [2.05, 4.69) is 36.0 Å². The topological polar surface area (TPSA) is 110 Å². The first-order valence-corrected chi connectivity index (χ1v) is 10.2. The molecular formula is C21H22N8O2. The molecule has 158 valence electrons. The lowest BCUT2D eigenvalue weighted by Gasteiger charge is -2.26. The Balaban J connectivity index is 1.26. The molecule has 0 atom stereocenters. The Bertz CT molecular complexity index is 1200. The highest BCUT2D eigenvalue weighted by Crippen LogP contribution is 2.22. The largest absolute Gasteiger partial charge is 0.379 e. The van der Waals surface area contributed by atoms with Crippen LogP contribution in [0, 0.1) is 0 Å². The molecule has 0 saturated carbocycles. The third-order valence-corrected chi connectivity index (χ3v) is 5.25. The van der Waals surface area contributed by atoms with Crippen LogP contribution in [0.3, 0.4) is 0 Å². The predicted molar refractivity (Wildman–Crippen MR) is 115 cm³/mol. The number of aromatic nitrogens is 5. The molecule has 1 aliphatic rings. The van der Waals surface area contributed by atoms with E-state index in [1.807, 2.05) is 36.4 Å². The van der Waals surface area contributed by atoms with Gasteiger partial charge in [0.25, 0.3) is 5.91 Å². The van der Waals surface area contributed by atoms with Crippen LogP contribution in [0.2, 0.25) is 0 Å². The van der Waals surface area contributed by atoms with E-state index in [9.17, 15) is 4.79 Å². The normalized spacial score (nSPS) is 14.7. The lowest BCUT2D eigenvalue weighted by Crippen LogP contribution is -2.41. The van der Waals surface area contributed by atoms with Crippen molar-refractivity contribution in [1.82, 2.24) is 35.2 Å². The first-order chi connectivity index (χ1) is 15.3. The summed E-state index contributed by atoms with van der Waals surface area (Å²) in [5.74, 6) is 0.457. The van der Waals surface area contributed by atoms with Gasteiger partial charge in [-0.15, -0.1) is 5.10 Å². The molecule has 0 spiro atoms. The van der Waals surface area contributed by atoms with Crippen molar-refractivity contribution < 1.29 is 9.53 Å². The molecule has 0 unspecified atom stereocenters. The monoisotopic (exact) mass is 418 g/mol. The van der Waals surface area contributed by atoms with Gasteiger partial charge in [-0.3, -0.25) is 9.69 Å². The summed E-state index contributed by atoms with van der Waals surface area (Å²) in [6, 6.07) is 14.9. The third kappa shape index (κ3) is 4.16. The van der Waals surface area contributed by atoms with Crippen molar-refractivity contribution in [2.24, 2.45) is 0 Å². The van der Waals surface area contributed by atoms with Gasteiger partial charge in [0.05, 0.1) is 24.2 Å². The summed E-state index contributed by atoms with van der Waals surface area (Å²) in [4.78, 5) is 19.4. The fraction of sp³-hybridized carbons (Fsp3) is 0.286. The third-order valence-electron chi connectivity index (χ3n) is 5.25. The molecule has 10 heteroatoms. The minimum Gasteiger partial charge on any atom is -0.379 e. The molecule has 3 heterocycles. The van der Waals surface area contributed by atoms with Crippen LogP contribution >= 0.6 is 0 Å². The Kier molecular flexibility index (Phi) is 5.38. The minimum absolute atomic E-state index is 0.0901. The first kappa shape index (κ1) is 19.3. The van der Waals surface area contributed by atoms with E-state index >= 15 is 0 Å². The van der Waals surface area contributed by atoms with Gasteiger partial charge in [0.15, 0.2) is 5.82 Å². The molecule has 1 aliphatic heterocycles. The van der Waals surface area contributed by atoms with Gasteiger partial charge in [-0.05, 0) is 46.8 Å². The number of ether oxygens (including phenoxy) is 1. The number of carbonyl (C=O) groups excluding carboxylic acids is 1. The Hall–Kier alpha value is -3.63. The summed E-state index contributed by atoms with van der Waals surface area (Å²) in [5, 5.41) is 18.1. The molecule has 1 amide bonds. The molecule has 2 aromatic heterocycles. The maximum absolute atomic E-state index is 12.4. The second-order valence-corrected chi connectivity index (χ2v) is 7.28. The highest BCUT2D eigenvalue weighted by atomic mass is 16.5. The zero-order valence-corrected chi connectivity index (χ0v) is 16.9. The molecule has 0 radical (unpaired) electrons. The van der Waals surface area contributed by atoms with Crippen LogP contribution in [0.1, 0.15) is 10.4 Å². The number of benzene rings is 2. The maximum Gasteiger partial charge on any atom is 0.251 e. The Morgan fingerprint density at radius 3 is 2.71 bits per heavy atom. The van der Waals surface area contributed by atoms with Crippen LogP contribution in [0.5, 0.6) is 0 Å². The molecule has 5 rings (SSSR count). The fourth-order valence-corrected chi connectivity index (χ4v) is 3.59. The van der Waals surface area contributed by atoms with Crippen LogP contribution < -0.4 is 10.6 Å². The molecular weight excluding hydrogens is 396 g/mol. The number of hydrogen-bond donors (Lipinski definition) is 2. The first-order valence-electron chi connectivity index (χ1n) is 10.2. The van der Waals surface area contributed by atoms with Crippen molar-refractivity contribution in [3.8, 4) is 0 Å². The second kappa shape index (κ2) is 8.62. The van der Waals surface area contributed by atoms with Crippen molar-refractivity contribution in [1.29, 1.82) is 0 Å². The van der Waals surface area contributed by atoms with Crippen LogP contribution in [0.15, 0.2) is 48.5 Å². The number of carbonyl (C=O) groups is 1. The summed E-state index contributed by atoms with van der Waals surface area (Å²) in [6.45, 7) is 4.77. The number of fused-ring (bicyclic) bond motifs is 3. The van der Waals surface area contributed by atoms with Gasteiger partial charge in [0, 0.05) is 37.4 Å². The molecule has 2 aromatic carbocycles. The predicted octanol–water partition coefficient (Wildman–Crippen LogP) is 1.48. The van der Waals surface area contributed by atoms with Crippen LogP contribution in [-0.4, -0.2) is 75.2 Å². The summed E-state index contributed by atoms with van der Waals surface area (Å²) >= 11 is 0. The van der Waals surface area contributed by atoms with Crippen molar-refractivity contribution in [3.05, 3.63) is 54.1 Å². The van der Waals surface area contributed by atoms with Gasteiger partial charge >= 0.3 is 0 Å². The number of para-hydroxylation sites is 2. The molecule has 1 saturated heterocycles. The zero-order chi connectivity index (χ0) is 21.0. The van der Waals surface area contributed by atoms with Gasteiger partial charge in [-0.25, -0.2) is 4.98 Å². The van der Waals surface area contributed by atoms with Crippen molar-refractivity contribution in [3.63, 3.8) is 0 Å². The lowest BCUT2D eigenvalue weighted by molar-refractivity contribution is 0.0383. The average Bonchev–Trinajstić information content (AvgIpc) is 3.31. The number of tetrazole rings is 1. The maximum atomic E-state index is 12.4. The number of amides is 1. The van der Waals surface area contributed by atoms with Crippen LogP contribution in [0.25, 0.3) is 16.7 Å². The lowest BCUT2D eigenvalue weighted by atomic mass is 10.2. The number of nitrogens with one attached hydrogen (secondary N) is 2. The van der Waals surface area contributed by atoms with Gasteiger partial charge in [-0.2, -0.15) is 4.52 Å². The highest BCUT2D eigenvalue weighted by Gasteiger charge is 2.13. The van der Waals surface area contributed by atoms with E-state index in [4.69, 9.17) is 4.74 Å². The molecule has 2 N–H and O–H groups in total. The van der Waals surface area contributed by atoms with E-state index in [-0.39, 0.29) is 5.91 Å². The van der Waals surface area contributed by atoms with E-state index < -0.39 is 0 Å². The average molecular weight is 418 g/mol.